The van der Waals surface area contributed by atoms with Crippen LogP contribution in [0, 0.1) is 0 Å². The molecule has 1 heterocycles. The van der Waals surface area contributed by atoms with E-state index in [1.165, 1.54) is 37.4 Å². The lowest BCUT2D eigenvalue weighted by Gasteiger charge is -2.11. The van der Waals surface area contributed by atoms with Crippen molar-refractivity contribution in [3.8, 4) is 0 Å². The molecule has 0 saturated heterocycles. The number of carbonyl (C=O) groups excluding carboxylic acids is 2. The molecule has 11 nitrogen and oxygen atoms in total. The molecule has 0 aliphatic rings. The molecule has 0 saturated carbocycles. The van der Waals surface area contributed by atoms with Crippen LogP contribution in [0.15, 0.2) is 46.5 Å². The van der Waals surface area contributed by atoms with E-state index in [0.29, 0.717) is 0 Å². The molecule has 0 aliphatic carbocycles. The SMILES string of the molecule is COC(=O)c1ccc2c(c1)nc(S(C)(=O)=O)n2NC(=O)c1ccc(Cl)c(S(N)(=O)=O)c1. The van der Waals surface area contributed by atoms with Crippen LogP contribution in [0.4, 0.5) is 0 Å². The molecule has 0 bridgehead atoms. The van der Waals surface area contributed by atoms with E-state index in [-0.39, 0.29) is 27.2 Å². The Morgan fingerprint density at radius 1 is 1.10 bits per heavy atom. The Hall–Kier alpha value is -3.00. The van der Waals surface area contributed by atoms with Crippen molar-refractivity contribution in [3.63, 3.8) is 0 Å². The van der Waals surface area contributed by atoms with Gasteiger partial charge in [0.2, 0.25) is 25.0 Å². The predicted molar refractivity (Wildman–Crippen MR) is 111 cm³/mol. The van der Waals surface area contributed by atoms with Crippen LogP contribution in [-0.4, -0.2) is 51.7 Å². The summed E-state index contributed by atoms with van der Waals surface area (Å²) in [6.07, 6.45) is 0.888. The van der Waals surface area contributed by atoms with Crippen molar-refractivity contribution < 1.29 is 31.2 Å². The number of nitrogens with one attached hydrogen (secondary N) is 1. The second-order valence-electron chi connectivity index (χ2n) is 6.33. The maximum absolute atomic E-state index is 12.7. The fraction of sp³-hybridized carbons (Fsp3) is 0.118. The quantitative estimate of drug-likeness (QED) is 0.501. The molecule has 14 heteroatoms. The number of esters is 1. The molecule has 0 aliphatic heterocycles. The Labute approximate surface area is 181 Å². The highest BCUT2D eigenvalue weighted by Crippen LogP contribution is 2.23. The van der Waals surface area contributed by atoms with Crippen LogP contribution in [0.5, 0.6) is 0 Å². The fourth-order valence-electron chi connectivity index (χ4n) is 2.69. The van der Waals surface area contributed by atoms with E-state index < -0.39 is 41.8 Å². The first kappa shape index (κ1) is 22.7. The highest BCUT2D eigenvalue weighted by Gasteiger charge is 2.23. The third kappa shape index (κ3) is 4.54. The zero-order valence-corrected chi connectivity index (χ0v) is 18.4. The number of hydrogen-bond acceptors (Lipinski definition) is 8. The van der Waals surface area contributed by atoms with E-state index in [0.717, 1.165) is 17.0 Å². The molecular weight excluding hydrogens is 472 g/mol. The van der Waals surface area contributed by atoms with E-state index in [2.05, 4.69) is 15.1 Å². The van der Waals surface area contributed by atoms with Crippen LogP contribution < -0.4 is 10.6 Å². The fourth-order valence-corrected chi connectivity index (χ4v) is 4.50. The van der Waals surface area contributed by atoms with Gasteiger partial charge in [0.25, 0.3) is 5.91 Å². The Morgan fingerprint density at radius 2 is 1.74 bits per heavy atom. The number of halogens is 1. The zero-order valence-electron chi connectivity index (χ0n) is 16.0. The van der Waals surface area contributed by atoms with Gasteiger partial charge in [0.1, 0.15) is 4.90 Å². The molecule has 0 unspecified atom stereocenters. The zero-order chi connectivity index (χ0) is 23.1. The number of primary sulfonamides is 1. The lowest BCUT2D eigenvalue weighted by Crippen LogP contribution is -2.26. The number of benzene rings is 2. The van der Waals surface area contributed by atoms with Crippen molar-refractivity contribution in [3.05, 3.63) is 52.5 Å². The monoisotopic (exact) mass is 486 g/mol. The van der Waals surface area contributed by atoms with Crippen LogP contribution in [0.3, 0.4) is 0 Å². The first-order valence-corrected chi connectivity index (χ1v) is 12.1. The van der Waals surface area contributed by atoms with Crippen LogP contribution in [-0.2, 0) is 24.6 Å². The lowest BCUT2D eigenvalue weighted by atomic mass is 10.2. The van der Waals surface area contributed by atoms with Crippen LogP contribution in [0.1, 0.15) is 20.7 Å². The standard InChI is InChI=1S/C17H15ClN4O7S2/c1-29-16(24)10-4-6-13-12(7-10)20-17(30(2,25)26)22(13)21-15(23)9-3-5-11(18)14(8-9)31(19,27)28/h3-8H,1-2H3,(H,21,23)(H2,19,27,28). The Bertz CT molecular complexity index is 1450. The molecule has 164 valence electrons. The highest BCUT2D eigenvalue weighted by atomic mass is 35.5. The van der Waals surface area contributed by atoms with Crippen molar-refractivity contribution in [2.75, 3.05) is 18.8 Å². The predicted octanol–water partition coefficient (Wildman–Crippen LogP) is 0.911. The second kappa shape index (κ2) is 7.92. The van der Waals surface area contributed by atoms with Crippen molar-refractivity contribution in [2.24, 2.45) is 5.14 Å². The summed E-state index contributed by atoms with van der Waals surface area (Å²) in [4.78, 5) is 28.0. The summed E-state index contributed by atoms with van der Waals surface area (Å²) in [6, 6.07) is 7.41. The number of sulfone groups is 1. The number of sulfonamides is 1. The summed E-state index contributed by atoms with van der Waals surface area (Å²) in [5.74, 6) is -1.51. The van der Waals surface area contributed by atoms with Crippen LogP contribution in [0.2, 0.25) is 5.02 Å². The Kier molecular flexibility index (Phi) is 5.80. The van der Waals surface area contributed by atoms with Gasteiger partial charge in [-0.3, -0.25) is 10.2 Å². The largest absolute Gasteiger partial charge is 0.465 e. The average molecular weight is 487 g/mol. The number of nitrogens with zero attached hydrogens (tertiary/aromatic N) is 2. The second-order valence-corrected chi connectivity index (χ2v) is 10.2. The molecule has 1 amide bonds. The van der Waals surface area contributed by atoms with Gasteiger partial charge < -0.3 is 4.74 Å². The van der Waals surface area contributed by atoms with Gasteiger partial charge in [-0.25, -0.2) is 36.4 Å². The normalized spacial score (nSPS) is 12.0. The van der Waals surface area contributed by atoms with E-state index >= 15 is 0 Å². The number of amides is 1. The summed E-state index contributed by atoms with van der Waals surface area (Å²) in [5.41, 5.74) is 2.60. The summed E-state index contributed by atoms with van der Waals surface area (Å²) in [5, 5.41) is 4.41. The average Bonchev–Trinajstić information content (AvgIpc) is 3.04. The van der Waals surface area contributed by atoms with Gasteiger partial charge in [0.05, 0.1) is 28.7 Å². The molecular formula is C17H15ClN4O7S2. The number of rotatable bonds is 5. The summed E-state index contributed by atoms with van der Waals surface area (Å²) in [6.45, 7) is 0. The minimum atomic E-state index is -4.20. The van der Waals surface area contributed by atoms with E-state index in [1.54, 1.807) is 0 Å². The molecule has 0 atom stereocenters. The molecule has 0 radical (unpaired) electrons. The van der Waals surface area contributed by atoms with Crippen LogP contribution in [0.25, 0.3) is 11.0 Å². The van der Waals surface area contributed by atoms with Gasteiger partial charge in [-0.05, 0) is 36.4 Å². The Morgan fingerprint density at radius 3 is 2.32 bits per heavy atom. The number of nitrogens with two attached hydrogens (primary N) is 1. The lowest BCUT2D eigenvalue weighted by molar-refractivity contribution is 0.0600. The maximum atomic E-state index is 12.7. The molecule has 3 rings (SSSR count). The number of imidazole rings is 1. The molecule has 0 fully saturated rings. The van der Waals surface area contributed by atoms with Gasteiger partial charge >= 0.3 is 5.97 Å². The topological polar surface area (TPSA) is 168 Å². The number of ether oxygens (including phenoxy) is 1. The third-order valence-corrected chi connectivity index (χ3v) is 6.42. The summed E-state index contributed by atoms with van der Waals surface area (Å²) < 4.78 is 53.3. The van der Waals surface area contributed by atoms with Gasteiger partial charge in [0.15, 0.2) is 0 Å². The van der Waals surface area contributed by atoms with Crippen molar-refractivity contribution in [1.29, 1.82) is 0 Å². The minimum Gasteiger partial charge on any atom is -0.465 e. The maximum Gasteiger partial charge on any atom is 0.337 e. The van der Waals surface area contributed by atoms with Crippen molar-refractivity contribution in [2.45, 2.75) is 10.1 Å². The molecule has 3 N–H and O–H groups in total. The molecule has 31 heavy (non-hydrogen) atoms. The number of hydrogen-bond donors (Lipinski definition) is 2. The van der Waals surface area contributed by atoms with E-state index in [9.17, 15) is 26.4 Å². The molecule has 0 spiro atoms. The number of carbonyl (C=O) groups is 2. The number of aromatic nitrogens is 2. The Balaban J connectivity index is 2.12. The van der Waals surface area contributed by atoms with E-state index in [1.807, 2.05) is 0 Å². The van der Waals surface area contributed by atoms with Gasteiger partial charge in [-0.1, -0.05) is 11.6 Å². The highest BCUT2D eigenvalue weighted by molar-refractivity contribution is 7.90. The van der Waals surface area contributed by atoms with E-state index in [4.69, 9.17) is 16.7 Å². The van der Waals surface area contributed by atoms with Gasteiger partial charge in [0, 0.05) is 11.8 Å². The minimum absolute atomic E-state index is 0.102. The van der Waals surface area contributed by atoms with Crippen molar-refractivity contribution >= 4 is 54.4 Å². The smallest absolute Gasteiger partial charge is 0.337 e. The van der Waals surface area contributed by atoms with Crippen LogP contribution >= 0.6 is 11.6 Å². The molecule has 2 aromatic carbocycles. The van der Waals surface area contributed by atoms with Gasteiger partial charge in [-0.15, -0.1) is 0 Å². The first-order valence-electron chi connectivity index (χ1n) is 8.27. The number of methoxy groups -OCH3 is 1. The number of fused-ring (bicyclic) bond motifs is 1. The molecule has 3 aromatic rings. The molecule has 1 aromatic heterocycles. The summed E-state index contributed by atoms with van der Waals surface area (Å²) in [7, 11) is -6.93. The first-order chi connectivity index (χ1) is 14.3. The van der Waals surface area contributed by atoms with Gasteiger partial charge in [-0.2, -0.15) is 0 Å². The summed E-state index contributed by atoms with van der Waals surface area (Å²) >= 11 is 5.82. The third-order valence-electron chi connectivity index (χ3n) is 4.09. The van der Waals surface area contributed by atoms with Crippen molar-refractivity contribution in [1.82, 2.24) is 9.66 Å².